The van der Waals surface area contributed by atoms with Crippen LogP contribution in [0.2, 0.25) is 0 Å². The van der Waals surface area contributed by atoms with Gasteiger partial charge in [-0.2, -0.15) is 10.5 Å². The highest BCUT2D eigenvalue weighted by Gasteiger charge is 2.39. The first-order valence-electron chi connectivity index (χ1n) is 15.3. The number of hydrogen-bond donors (Lipinski definition) is 0. The number of carbonyl (C=O) groups is 3. The molecule has 0 spiro atoms. The van der Waals surface area contributed by atoms with E-state index < -0.39 is 0 Å². The summed E-state index contributed by atoms with van der Waals surface area (Å²) < 4.78 is 6.34. The summed E-state index contributed by atoms with van der Waals surface area (Å²) in [5, 5.41) is 20.1. The quantitative estimate of drug-likeness (QED) is 0.340. The molecule has 2 fully saturated rings. The summed E-state index contributed by atoms with van der Waals surface area (Å²) in [6.07, 6.45) is 4.04. The van der Waals surface area contributed by atoms with Crippen molar-refractivity contribution in [1.82, 2.24) is 19.7 Å². The lowest BCUT2D eigenvalue weighted by Gasteiger charge is -2.43. The summed E-state index contributed by atoms with van der Waals surface area (Å²) in [5.74, 6) is -0.604. The highest BCUT2D eigenvalue weighted by molar-refractivity contribution is 6.23. The van der Waals surface area contributed by atoms with Crippen LogP contribution >= 0.6 is 0 Å². The molecule has 5 heterocycles. The Balaban J connectivity index is 1.40. The molecular weight excluding hydrogens is 572 g/mol. The highest BCUT2D eigenvalue weighted by atomic mass is 16.5. The summed E-state index contributed by atoms with van der Waals surface area (Å²) in [6.45, 7) is 7.13. The van der Waals surface area contributed by atoms with Crippen molar-refractivity contribution in [3.05, 3.63) is 58.8 Å². The van der Waals surface area contributed by atoms with Gasteiger partial charge in [-0.05, 0) is 51.1 Å². The fraction of sp³-hybridized carbons (Fsp3) is 0.455. The van der Waals surface area contributed by atoms with Crippen molar-refractivity contribution in [2.75, 3.05) is 63.2 Å². The zero-order valence-corrected chi connectivity index (χ0v) is 25.7. The van der Waals surface area contributed by atoms with Gasteiger partial charge >= 0.3 is 0 Å². The first-order valence-corrected chi connectivity index (χ1v) is 15.3. The molecule has 232 valence electrons. The molecule has 0 bridgehead atoms. The van der Waals surface area contributed by atoms with Gasteiger partial charge in [-0.3, -0.25) is 19.3 Å². The predicted octanol–water partition coefficient (Wildman–Crippen LogP) is 2.33. The number of likely N-dealkylation sites (N-methyl/N-ethyl adjacent to an activating group) is 1. The molecule has 12 nitrogen and oxygen atoms in total. The second-order valence-corrected chi connectivity index (χ2v) is 12.0. The van der Waals surface area contributed by atoms with Crippen LogP contribution in [0.5, 0.6) is 5.88 Å². The van der Waals surface area contributed by atoms with E-state index in [1.54, 1.807) is 17.0 Å². The summed E-state index contributed by atoms with van der Waals surface area (Å²) in [5.41, 5.74) is 4.19. The third kappa shape index (κ3) is 5.25. The van der Waals surface area contributed by atoms with Gasteiger partial charge in [-0.15, -0.1) is 0 Å². The van der Waals surface area contributed by atoms with Crippen molar-refractivity contribution in [2.24, 2.45) is 0 Å². The third-order valence-corrected chi connectivity index (χ3v) is 9.51. The zero-order chi connectivity index (χ0) is 31.8. The summed E-state index contributed by atoms with van der Waals surface area (Å²) >= 11 is 0. The van der Waals surface area contributed by atoms with Crippen molar-refractivity contribution in [2.45, 2.75) is 44.3 Å². The molecule has 0 unspecified atom stereocenters. The summed E-state index contributed by atoms with van der Waals surface area (Å²) in [6, 6.07) is 9.76. The molecule has 3 amide bonds. The number of hydrogen-bond acceptors (Lipinski definition) is 10. The maximum atomic E-state index is 13.1. The molecule has 4 aliphatic rings. The van der Waals surface area contributed by atoms with Gasteiger partial charge in [0, 0.05) is 44.8 Å². The molecule has 0 N–H and O–H groups in total. The number of amides is 3. The Labute approximate surface area is 262 Å². The average Bonchev–Trinajstić information content (AvgIpc) is 3.57. The number of nitrogens with zero attached hydrogens (tertiary/aromatic N) is 8. The second kappa shape index (κ2) is 12.2. The van der Waals surface area contributed by atoms with E-state index in [2.05, 4.69) is 40.5 Å². The Kier molecular flexibility index (Phi) is 8.17. The average molecular weight is 609 g/mol. The standard InChI is InChI=1S/C33H36N8O4/c1-4-28(42)41-16-15-40(18-21(41)10-12-34)30-23-11-14-39(27-9-5-8-24-29(27)33(44)38(3)32(24)43)19-26(23)36-31(25(30)17-35)45-20-22-7-6-13-37(22)2/h4-5,8-9,21-22H,1,6-7,10-11,13-16,18-20H2,2-3H3/t21-,22-/m0/s1. The van der Waals surface area contributed by atoms with E-state index in [-0.39, 0.29) is 42.1 Å². The van der Waals surface area contributed by atoms with Crippen LogP contribution in [0.1, 0.15) is 56.8 Å². The van der Waals surface area contributed by atoms with Gasteiger partial charge in [0.05, 0.1) is 53.3 Å². The van der Waals surface area contributed by atoms with Crippen molar-refractivity contribution < 1.29 is 19.1 Å². The van der Waals surface area contributed by atoms with E-state index in [4.69, 9.17) is 9.72 Å². The van der Waals surface area contributed by atoms with Crippen LogP contribution in [0, 0.1) is 22.7 Å². The highest BCUT2D eigenvalue weighted by Crippen LogP contribution is 2.40. The molecular formula is C33H36N8O4. The summed E-state index contributed by atoms with van der Waals surface area (Å²) in [7, 11) is 3.56. The van der Waals surface area contributed by atoms with Gasteiger partial charge in [0.2, 0.25) is 11.8 Å². The van der Waals surface area contributed by atoms with Gasteiger partial charge in [0.25, 0.3) is 11.8 Å². The molecule has 1 aromatic carbocycles. The zero-order valence-electron chi connectivity index (χ0n) is 25.7. The van der Waals surface area contributed by atoms with E-state index in [1.165, 1.54) is 13.1 Å². The van der Waals surface area contributed by atoms with Crippen molar-refractivity contribution in [1.29, 1.82) is 10.5 Å². The number of fused-ring (bicyclic) bond motifs is 2. The van der Waals surface area contributed by atoms with Crippen LogP contribution in [0.15, 0.2) is 30.9 Å². The van der Waals surface area contributed by atoms with E-state index in [1.807, 2.05) is 6.07 Å². The maximum absolute atomic E-state index is 13.1. The van der Waals surface area contributed by atoms with E-state index in [0.717, 1.165) is 41.2 Å². The lowest BCUT2D eigenvalue weighted by molar-refractivity contribution is -0.128. The van der Waals surface area contributed by atoms with E-state index >= 15 is 0 Å². The Bertz CT molecular complexity index is 1660. The number of aromatic nitrogens is 1. The molecule has 0 radical (unpaired) electrons. The predicted molar refractivity (Wildman–Crippen MR) is 166 cm³/mol. The van der Waals surface area contributed by atoms with Crippen molar-refractivity contribution in [3.8, 4) is 18.0 Å². The number of ether oxygens (including phenoxy) is 1. The SMILES string of the molecule is C=CC(=O)N1CCN(c2c(C#N)c(OC[C@@H]3CCCN3C)nc3c2CCN(c2cccc4c2C(=O)N(C)C4=O)C3)C[C@@H]1CC#N. The first-order chi connectivity index (χ1) is 21.8. The van der Waals surface area contributed by atoms with Gasteiger partial charge in [-0.25, -0.2) is 4.98 Å². The van der Waals surface area contributed by atoms with Crippen LogP contribution in [0.4, 0.5) is 11.4 Å². The first kappa shape index (κ1) is 30.1. The fourth-order valence-corrected chi connectivity index (χ4v) is 7.05. The van der Waals surface area contributed by atoms with Crippen LogP contribution in [0.3, 0.4) is 0 Å². The largest absolute Gasteiger partial charge is 0.475 e. The Hall–Kier alpha value is -4.94. The van der Waals surface area contributed by atoms with Gasteiger partial charge < -0.3 is 24.3 Å². The topological polar surface area (TPSA) is 137 Å². The minimum atomic E-state index is -0.367. The smallest absolute Gasteiger partial charge is 0.263 e. The maximum Gasteiger partial charge on any atom is 0.263 e. The number of rotatable bonds is 7. The Morgan fingerprint density at radius 2 is 1.93 bits per heavy atom. The molecule has 6 rings (SSSR count). The second-order valence-electron chi connectivity index (χ2n) is 12.0. The number of anilines is 2. The number of likely N-dealkylation sites (tertiary alicyclic amines) is 1. The molecule has 4 aliphatic heterocycles. The van der Waals surface area contributed by atoms with Gasteiger partial charge in [0.1, 0.15) is 18.2 Å². The molecule has 1 aromatic heterocycles. The molecule has 2 atom stereocenters. The number of imide groups is 1. The molecule has 2 aromatic rings. The third-order valence-electron chi connectivity index (χ3n) is 9.51. The van der Waals surface area contributed by atoms with Crippen LogP contribution in [-0.2, 0) is 17.8 Å². The Morgan fingerprint density at radius 3 is 2.64 bits per heavy atom. The van der Waals surface area contributed by atoms with Crippen LogP contribution in [0.25, 0.3) is 0 Å². The van der Waals surface area contributed by atoms with Crippen LogP contribution < -0.4 is 14.5 Å². The van der Waals surface area contributed by atoms with Crippen LogP contribution in [-0.4, -0.2) is 103 Å². The van der Waals surface area contributed by atoms with Gasteiger partial charge in [-0.1, -0.05) is 12.6 Å². The number of pyridine rings is 1. The monoisotopic (exact) mass is 608 g/mol. The van der Waals surface area contributed by atoms with Crippen molar-refractivity contribution >= 4 is 29.1 Å². The van der Waals surface area contributed by atoms with E-state index in [0.29, 0.717) is 68.1 Å². The minimum absolute atomic E-state index is 0.150. The number of nitriles is 2. The number of benzene rings is 1. The number of piperazine rings is 1. The molecule has 0 saturated carbocycles. The Morgan fingerprint density at radius 1 is 1.11 bits per heavy atom. The fourth-order valence-electron chi connectivity index (χ4n) is 7.05. The lowest BCUT2D eigenvalue weighted by atomic mass is 9.96. The van der Waals surface area contributed by atoms with E-state index in [9.17, 15) is 24.9 Å². The molecule has 45 heavy (non-hydrogen) atoms. The normalized spacial score (nSPS) is 21.3. The number of carbonyl (C=O) groups excluding carboxylic acids is 3. The van der Waals surface area contributed by atoms with Crippen molar-refractivity contribution in [3.63, 3.8) is 0 Å². The lowest BCUT2D eigenvalue weighted by Crippen LogP contribution is -2.55. The minimum Gasteiger partial charge on any atom is -0.475 e. The van der Waals surface area contributed by atoms with Gasteiger partial charge in [0.15, 0.2) is 0 Å². The summed E-state index contributed by atoms with van der Waals surface area (Å²) in [4.78, 5) is 52.5. The molecule has 12 heteroatoms. The molecule has 0 aliphatic carbocycles. The molecule has 2 saturated heterocycles.